The lowest BCUT2D eigenvalue weighted by Crippen LogP contribution is -2.63. The van der Waals surface area contributed by atoms with Crippen LogP contribution in [0.25, 0.3) is 0 Å². The minimum absolute atomic E-state index is 0.357. The van der Waals surface area contributed by atoms with E-state index in [0.29, 0.717) is 72.8 Å². The van der Waals surface area contributed by atoms with Crippen molar-refractivity contribution in [1.29, 1.82) is 0 Å². The van der Waals surface area contributed by atoms with Gasteiger partial charge in [-0.15, -0.1) is 0 Å². The second-order valence-electron chi connectivity index (χ2n) is 23.4. The molecule has 1 aliphatic heterocycles. The molecule has 42 nitrogen and oxygen atoms in total. The van der Waals surface area contributed by atoms with E-state index in [1.807, 2.05) is 0 Å². The molecule has 9 rings (SSSR count). The van der Waals surface area contributed by atoms with Gasteiger partial charge in [0, 0.05) is 12.1 Å². The molecule has 0 radical (unpaired) electrons. The first-order valence-electron chi connectivity index (χ1n) is 30.9. The van der Waals surface area contributed by atoms with Crippen LogP contribution < -0.4 is 4.74 Å². The summed E-state index contributed by atoms with van der Waals surface area (Å²) in [5.74, 6) is -38.9. The molecule has 1 heterocycles. The number of carbonyl (C=O) groups is 8. The number of aliphatic hydroxyl groups excluding tert-OH is 1. The molecular formula is C67H60O42. The van der Waals surface area contributed by atoms with Crippen molar-refractivity contribution in [2.75, 3.05) is 33.2 Å². The first-order valence-corrected chi connectivity index (χ1v) is 30.9. The molecule has 0 aromatic heterocycles. The van der Waals surface area contributed by atoms with Crippen LogP contribution in [0, 0.1) is 11.8 Å². The predicted molar refractivity (Wildman–Crippen MR) is 342 cm³/mol. The highest BCUT2D eigenvalue weighted by atomic mass is 16.8. The maximum atomic E-state index is 14.5. The third kappa shape index (κ3) is 18.1. The highest BCUT2D eigenvalue weighted by Gasteiger charge is 2.56. The van der Waals surface area contributed by atoms with E-state index in [1.165, 1.54) is 0 Å². The smallest absolute Gasteiger partial charge is 0.339 e. The van der Waals surface area contributed by atoms with Crippen LogP contribution in [0.1, 0.15) is 75.0 Å². The Labute approximate surface area is 605 Å². The van der Waals surface area contributed by atoms with Crippen LogP contribution in [-0.2, 0) is 61.7 Å². The molecule has 7 aromatic rings. The summed E-state index contributed by atoms with van der Waals surface area (Å²) in [7, 11) is 0. The number of hydrogen-bond acceptors (Lipinski definition) is 42. The highest BCUT2D eigenvalue weighted by molar-refractivity contribution is 5.95. The lowest BCUT2D eigenvalue weighted by atomic mass is 9.75. The molecule has 2 aliphatic rings. The Balaban J connectivity index is 1.02. The van der Waals surface area contributed by atoms with Gasteiger partial charge in [-0.05, 0) is 85.6 Å². The molecule has 109 heavy (non-hydrogen) atoms. The third-order valence-electron chi connectivity index (χ3n) is 16.0. The third-order valence-corrected chi connectivity index (χ3v) is 16.0. The van der Waals surface area contributed by atoms with Crippen LogP contribution in [0.3, 0.4) is 0 Å². The maximum absolute atomic E-state index is 14.5. The minimum atomic E-state index is -2.66. The number of aliphatic hydroxyl groups is 1. The number of phenolic OH excluding ortho intramolecular Hbond substituents is 21. The molecule has 1 saturated heterocycles. The van der Waals surface area contributed by atoms with E-state index in [1.54, 1.807) is 0 Å². The number of carbonyl (C=O) groups excluding carboxylic acids is 8. The molecule has 22 N–H and O–H groups in total. The highest BCUT2D eigenvalue weighted by Crippen LogP contribution is 2.45. The second-order valence-corrected chi connectivity index (χ2v) is 23.4. The molecule has 8 atom stereocenters. The van der Waals surface area contributed by atoms with E-state index in [0.717, 1.165) is 12.1 Å². The zero-order valence-corrected chi connectivity index (χ0v) is 54.8. The van der Waals surface area contributed by atoms with Crippen molar-refractivity contribution in [1.82, 2.24) is 0 Å². The van der Waals surface area contributed by atoms with Gasteiger partial charge in [0.2, 0.25) is 24.4 Å². The quantitative estimate of drug-likeness (QED) is 0.0115. The molecule has 0 amide bonds. The second kappa shape index (κ2) is 32.8. The van der Waals surface area contributed by atoms with Crippen molar-refractivity contribution in [3.05, 3.63) is 118 Å². The predicted octanol–water partition coefficient (Wildman–Crippen LogP) is 2.01. The molecule has 2 fully saturated rings. The van der Waals surface area contributed by atoms with Crippen molar-refractivity contribution in [2.45, 2.75) is 62.0 Å². The zero-order chi connectivity index (χ0) is 79.9. The van der Waals surface area contributed by atoms with Gasteiger partial charge in [0.1, 0.15) is 37.8 Å². The summed E-state index contributed by atoms with van der Waals surface area (Å²) >= 11 is 0. The first kappa shape index (κ1) is 78.9. The standard InChI is InChI=1S/C67H60O42/c68-17-48(102-46(19-99-59(90)24-3-31(69)49(83)32(70)4-24)45(103-61(92)26-7-35(73)51(85)36(74)8-26)18-98-21-101-30-15-43(81)55(89)44(82)16-30)105-62(93)22-1-23(2-22)66(97)109-67-58(108-65(96)29-13-41(79)54(88)42(80)14-29)57(107-64(95)28-11-39(77)53(87)40(78)12-28)56(106-63(94)27-9-37(75)52(86)38(76)10-27)47(104-67)20-100-60(91)25-5-33(71)50(84)34(72)6-25/h3-16,22-23,45-48,56-58,67-89H,1-2,17-21H2/t22?,23?,45-,46?,47?,48-,56+,57?,58?,67-/m0/s1. The van der Waals surface area contributed by atoms with Crippen LogP contribution in [0.15, 0.2) is 84.9 Å². The fourth-order valence-electron chi connectivity index (χ4n) is 10.2. The number of phenols is 21. The summed E-state index contributed by atoms with van der Waals surface area (Å²) in [5, 5.41) is 224. The SMILES string of the molecule is O=C(OCC1O[C@@H](OC(=O)C2CC(C(=O)O[C@@H](CO)OC(COC(=O)c3cc(O)c(O)c(O)c3)[C@H](COCOc3cc(O)c(O)c(O)c3)OC(=O)c3cc(O)c(O)c(O)c3)C2)C(OC(=O)c2cc(O)c(O)c(O)c2)C(OC(=O)c2cc(O)c(O)c(O)c2)[C@@H]1OC(=O)c1cc(O)c(O)c(O)c1)c1cc(O)c(O)c(O)c1. The molecule has 1 saturated carbocycles. The molecule has 0 bridgehead atoms. The summed E-state index contributed by atoms with van der Waals surface area (Å²) in [5.41, 5.74) is -4.77. The van der Waals surface area contributed by atoms with E-state index < -0.39 is 309 Å². The van der Waals surface area contributed by atoms with Crippen molar-refractivity contribution in [3.63, 3.8) is 0 Å². The van der Waals surface area contributed by atoms with Gasteiger partial charge in [-0.25, -0.2) is 28.8 Å². The number of ether oxygens (including phenoxy) is 12. The van der Waals surface area contributed by atoms with Gasteiger partial charge in [0.25, 0.3) is 0 Å². The molecule has 0 spiro atoms. The Kier molecular flexibility index (Phi) is 23.7. The Morgan fingerprint density at radius 1 is 0.358 bits per heavy atom. The minimum Gasteiger partial charge on any atom is -0.504 e. The summed E-state index contributed by atoms with van der Waals surface area (Å²) in [6.07, 6.45) is -20.5. The molecule has 4 unspecified atom stereocenters. The zero-order valence-electron chi connectivity index (χ0n) is 54.8. The number of rotatable bonds is 27. The molecule has 42 heteroatoms. The number of esters is 8. The number of aromatic hydroxyl groups is 21. The lowest BCUT2D eigenvalue weighted by molar-refractivity contribution is -0.292. The van der Waals surface area contributed by atoms with Crippen molar-refractivity contribution in [3.8, 4) is 126 Å². The van der Waals surface area contributed by atoms with Gasteiger partial charge in [-0.1, -0.05) is 0 Å². The monoisotopic (exact) mass is 1540 g/mol. The molecule has 1 aliphatic carbocycles. The Morgan fingerprint density at radius 2 is 0.688 bits per heavy atom. The van der Waals surface area contributed by atoms with Gasteiger partial charge in [-0.2, -0.15) is 0 Å². The van der Waals surface area contributed by atoms with E-state index >= 15 is 0 Å². The summed E-state index contributed by atoms with van der Waals surface area (Å²) in [4.78, 5) is 112. The van der Waals surface area contributed by atoms with E-state index in [4.69, 9.17) is 56.8 Å². The Morgan fingerprint density at radius 3 is 1.07 bits per heavy atom. The van der Waals surface area contributed by atoms with E-state index in [9.17, 15) is 151 Å². The van der Waals surface area contributed by atoms with E-state index in [-0.39, 0.29) is 5.75 Å². The molecular weight excluding hydrogens is 1480 g/mol. The van der Waals surface area contributed by atoms with E-state index in [2.05, 4.69) is 0 Å². The summed E-state index contributed by atoms with van der Waals surface area (Å²) in [6, 6.07) is 8.20. The topological polar surface area (TPSA) is 692 Å². The fraction of sp³-hybridized carbons (Fsp3) is 0.254. The van der Waals surface area contributed by atoms with Crippen LogP contribution in [0.4, 0.5) is 0 Å². The van der Waals surface area contributed by atoms with Crippen molar-refractivity contribution < 1.29 is 208 Å². The Bertz CT molecular complexity index is 4540. The van der Waals surface area contributed by atoms with Gasteiger partial charge < -0.3 is 169 Å². The first-order chi connectivity index (χ1) is 51.4. The van der Waals surface area contributed by atoms with Gasteiger partial charge in [0.15, 0.2) is 140 Å². The summed E-state index contributed by atoms with van der Waals surface area (Å²) in [6.45, 7) is -5.82. The van der Waals surface area contributed by atoms with Gasteiger partial charge in [0.05, 0.1) is 51.8 Å². The van der Waals surface area contributed by atoms with Crippen LogP contribution >= 0.6 is 0 Å². The normalized spacial score (nSPS) is 18.0. The Hall–Kier alpha value is -14.3. The average molecular weight is 1540 g/mol. The van der Waals surface area contributed by atoms with Crippen LogP contribution in [-0.4, -0.2) is 243 Å². The largest absolute Gasteiger partial charge is 0.504 e. The lowest BCUT2D eigenvalue weighted by Gasteiger charge is -2.44. The van der Waals surface area contributed by atoms with Crippen LogP contribution in [0.2, 0.25) is 0 Å². The summed E-state index contributed by atoms with van der Waals surface area (Å²) < 4.78 is 67.2. The van der Waals surface area contributed by atoms with Gasteiger partial charge >= 0.3 is 47.8 Å². The maximum Gasteiger partial charge on any atom is 0.339 e. The molecule has 580 valence electrons. The fourth-order valence-corrected chi connectivity index (χ4v) is 10.2. The molecule has 7 aromatic carbocycles. The van der Waals surface area contributed by atoms with Crippen molar-refractivity contribution >= 4 is 47.8 Å². The van der Waals surface area contributed by atoms with Crippen molar-refractivity contribution in [2.24, 2.45) is 11.8 Å². The number of benzene rings is 7. The van der Waals surface area contributed by atoms with Crippen LogP contribution in [0.5, 0.6) is 126 Å². The van der Waals surface area contributed by atoms with Gasteiger partial charge in [-0.3, -0.25) is 9.59 Å². The number of hydrogen-bond donors (Lipinski definition) is 22. The average Bonchev–Trinajstić information content (AvgIpc) is 0.764.